The van der Waals surface area contributed by atoms with Crippen molar-refractivity contribution in [3.63, 3.8) is 0 Å². The smallest absolute Gasteiger partial charge is 0.407 e. The van der Waals surface area contributed by atoms with E-state index in [0.29, 0.717) is 27.6 Å². The summed E-state index contributed by atoms with van der Waals surface area (Å²) in [5.41, 5.74) is 1.49. The van der Waals surface area contributed by atoms with Gasteiger partial charge in [0.2, 0.25) is 0 Å². The fourth-order valence-corrected chi connectivity index (χ4v) is 4.02. The van der Waals surface area contributed by atoms with E-state index in [1.54, 1.807) is 68.3 Å². The number of hydrogen-bond acceptors (Lipinski definition) is 7. The van der Waals surface area contributed by atoms with Crippen LogP contribution in [-0.4, -0.2) is 44.3 Å². The third-order valence-electron chi connectivity index (χ3n) is 5.98. The minimum Gasteiger partial charge on any atom is -0.453 e. The zero-order chi connectivity index (χ0) is 27.6. The molecule has 1 amide bonds. The van der Waals surface area contributed by atoms with E-state index in [4.69, 9.17) is 4.74 Å². The maximum absolute atomic E-state index is 13.1. The Bertz CT molecular complexity index is 1520. The van der Waals surface area contributed by atoms with E-state index in [-0.39, 0.29) is 30.2 Å². The third-order valence-corrected chi connectivity index (χ3v) is 5.98. The zero-order valence-electron chi connectivity index (χ0n) is 21.2. The summed E-state index contributed by atoms with van der Waals surface area (Å²) in [6.07, 6.45) is 2.53. The highest BCUT2D eigenvalue weighted by Gasteiger charge is 2.20. The van der Waals surface area contributed by atoms with Gasteiger partial charge in [-0.15, -0.1) is 0 Å². The largest absolute Gasteiger partial charge is 0.453 e. The Hall–Kier alpha value is -4.32. The molecule has 0 unspecified atom stereocenters. The highest BCUT2D eigenvalue weighted by atomic mass is 19.3. The Balaban J connectivity index is 1.76. The minimum absolute atomic E-state index is 0.0287. The van der Waals surface area contributed by atoms with E-state index in [1.165, 1.54) is 17.9 Å². The molecule has 0 saturated carbocycles. The zero-order valence-corrected chi connectivity index (χ0v) is 21.2. The van der Waals surface area contributed by atoms with Crippen molar-refractivity contribution in [2.24, 2.45) is 7.05 Å². The summed E-state index contributed by atoms with van der Waals surface area (Å²) in [6.45, 7) is 0.259. The molecular weight excluding hydrogens is 500 g/mol. The van der Waals surface area contributed by atoms with Crippen molar-refractivity contribution in [1.82, 2.24) is 24.6 Å². The van der Waals surface area contributed by atoms with E-state index in [0.717, 1.165) is 5.56 Å². The predicted molar refractivity (Wildman–Crippen MR) is 135 cm³/mol. The predicted octanol–water partition coefficient (Wildman–Crippen LogP) is 3.53. The number of methoxy groups -OCH3 is 1. The fourth-order valence-electron chi connectivity index (χ4n) is 4.02. The van der Waals surface area contributed by atoms with E-state index in [9.17, 15) is 23.5 Å². The average Bonchev–Trinajstić information content (AvgIpc) is 3.12. The van der Waals surface area contributed by atoms with Gasteiger partial charge < -0.3 is 19.9 Å². The molecule has 2 N–H and O–H groups in total. The lowest BCUT2D eigenvalue weighted by atomic mass is 10.1. The standard InChI is InChI=1S/C26H27F2N5O5/c1-26(2,36)23-29-12-18(13-30-23)16-6-7-19-20(10-16)33(32(3)22(19)34)14-17-9-15(11-31-25(35)37-4)5-8-21(17)38-24(27)28/h5-10,12-13,24,36H,11,14H2,1-4H3,(H,31,35). The van der Waals surface area contributed by atoms with Crippen LogP contribution in [0.5, 0.6) is 5.75 Å². The normalized spacial score (nSPS) is 11.7. The van der Waals surface area contributed by atoms with Crippen molar-refractivity contribution in [2.45, 2.75) is 39.1 Å². The van der Waals surface area contributed by atoms with Crippen LogP contribution in [0.3, 0.4) is 0 Å². The number of rotatable bonds is 8. The summed E-state index contributed by atoms with van der Waals surface area (Å²) in [5, 5.41) is 13.1. The second kappa shape index (κ2) is 10.6. The number of fused-ring (bicyclic) bond motifs is 1. The molecule has 12 heteroatoms. The SMILES string of the molecule is COC(=O)NCc1ccc(OC(F)F)c(Cn2c3cc(-c4cnc(C(C)(C)O)nc4)ccc3c(=O)n2C)c1. The molecule has 0 atom stereocenters. The van der Waals surface area contributed by atoms with Crippen LogP contribution < -0.4 is 15.6 Å². The van der Waals surface area contributed by atoms with Crippen molar-refractivity contribution >= 4 is 17.0 Å². The quantitative estimate of drug-likeness (QED) is 0.360. The van der Waals surface area contributed by atoms with Gasteiger partial charge in [0.05, 0.1) is 24.6 Å². The van der Waals surface area contributed by atoms with Gasteiger partial charge in [0.1, 0.15) is 11.4 Å². The molecule has 4 rings (SSSR count). The van der Waals surface area contributed by atoms with Gasteiger partial charge in [0.15, 0.2) is 5.82 Å². The van der Waals surface area contributed by atoms with Crippen LogP contribution in [0.4, 0.5) is 13.6 Å². The Kier molecular flexibility index (Phi) is 7.44. The minimum atomic E-state index is -3.04. The molecule has 0 spiro atoms. The molecule has 2 aromatic carbocycles. The van der Waals surface area contributed by atoms with Gasteiger partial charge in [-0.3, -0.25) is 14.2 Å². The molecule has 0 aliphatic heterocycles. The first-order chi connectivity index (χ1) is 18.0. The molecule has 0 saturated heterocycles. The Labute approximate surface area is 216 Å². The number of benzene rings is 2. The topological polar surface area (TPSA) is 120 Å². The van der Waals surface area contributed by atoms with E-state index in [1.807, 2.05) is 0 Å². The van der Waals surface area contributed by atoms with Gasteiger partial charge in [-0.1, -0.05) is 12.1 Å². The maximum Gasteiger partial charge on any atom is 0.407 e. The first kappa shape index (κ1) is 26.7. The maximum atomic E-state index is 13.1. The molecule has 4 aromatic rings. The van der Waals surface area contributed by atoms with Crippen molar-refractivity contribution in [2.75, 3.05) is 7.11 Å². The molecular formula is C26H27F2N5O5. The van der Waals surface area contributed by atoms with Crippen LogP contribution in [0.15, 0.2) is 53.6 Å². The molecule has 0 fully saturated rings. The molecule has 0 radical (unpaired) electrons. The summed E-state index contributed by atoms with van der Waals surface area (Å²) in [6, 6.07) is 9.81. The molecule has 38 heavy (non-hydrogen) atoms. The molecule has 0 bridgehead atoms. The van der Waals surface area contributed by atoms with Gasteiger partial charge in [0.25, 0.3) is 5.56 Å². The Morgan fingerprint density at radius 3 is 2.47 bits per heavy atom. The molecule has 10 nitrogen and oxygen atoms in total. The first-order valence-electron chi connectivity index (χ1n) is 11.6. The number of halogens is 2. The fraction of sp³-hybridized carbons (Fsp3) is 0.308. The number of aromatic nitrogens is 4. The van der Waals surface area contributed by atoms with E-state index < -0.39 is 18.3 Å². The van der Waals surface area contributed by atoms with Crippen LogP contribution in [0, 0.1) is 0 Å². The Morgan fingerprint density at radius 1 is 1.13 bits per heavy atom. The lowest BCUT2D eigenvalue weighted by molar-refractivity contribution is -0.0505. The number of aliphatic hydroxyl groups is 1. The second-order valence-corrected chi connectivity index (χ2v) is 9.14. The van der Waals surface area contributed by atoms with Crippen LogP contribution in [-0.2, 0) is 30.5 Å². The number of alkyl halides is 2. The molecule has 0 aliphatic carbocycles. The third kappa shape index (κ3) is 5.65. The summed E-state index contributed by atoms with van der Waals surface area (Å²) < 4.78 is 38.6. The van der Waals surface area contributed by atoms with Gasteiger partial charge >= 0.3 is 12.7 Å². The highest BCUT2D eigenvalue weighted by Crippen LogP contribution is 2.27. The summed E-state index contributed by atoms with van der Waals surface area (Å²) in [5.74, 6) is 0.218. The van der Waals surface area contributed by atoms with Crippen LogP contribution in [0.2, 0.25) is 0 Å². The Morgan fingerprint density at radius 2 is 1.84 bits per heavy atom. The van der Waals surface area contributed by atoms with Crippen LogP contribution >= 0.6 is 0 Å². The molecule has 2 aromatic heterocycles. The number of alkyl carbamates (subject to hydrolysis) is 1. The molecule has 2 heterocycles. The van der Waals surface area contributed by atoms with E-state index >= 15 is 0 Å². The van der Waals surface area contributed by atoms with Crippen LogP contribution in [0.1, 0.15) is 30.8 Å². The van der Waals surface area contributed by atoms with Crippen molar-refractivity contribution in [3.05, 3.63) is 76.1 Å². The van der Waals surface area contributed by atoms with Crippen LogP contribution in [0.25, 0.3) is 22.0 Å². The van der Waals surface area contributed by atoms with Crippen molar-refractivity contribution in [1.29, 1.82) is 0 Å². The molecule has 0 aliphatic rings. The summed E-state index contributed by atoms with van der Waals surface area (Å²) in [4.78, 5) is 32.9. The first-order valence-corrected chi connectivity index (χ1v) is 11.6. The lowest BCUT2D eigenvalue weighted by Crippen LogP contribution is -2.23. The second-order valence-electron chi connectivity index (χ2n) is 9.14. The number of carbonyl (C=O) groups is 1. The highest BCUT2D eigenvalue weighted by molar-refractivity contribution is 5.84. The van der Waals surface area contributed by atoms with Crippen molar-refractivity contribution in [3.8, 4) is 16.9 Å². The number of nitrogens with zero attached hydrogens (tertiary/aromatic N) is 4. The van der Waals surface area contributed by atoms with Gasteiger partial charge in [-0.25, -0.2) is 14.8 Å². The number of amides is 1. The van der Waals surface area contributed by atoms with Crippen molar-refractivity contribution < 1.29 is 28.2 Å². The van der Waals surface area contributed by atoms with Gasteiger partial charge in [-0.2, -0.15) is 8.78 Å². The number of carbonyl (C=O) groups excluding carboxylic acids is 1. The van der Waals surface area contributed by atoms with Gasteiger partial charge in [0, 0.05) is 37.1 Å². The van der Waals surface area contributed by atoms with E-state index in [2.05, 4.69) is 20.0 Å². The number of ether oxygens (including phenoxy) is 2. The number of nitrogens with one attached hydrogen (secondary N) is 1. The van der Waals surface area contributed by atoms with Gasteiger partial charge in [-0.05, 0) is 49.2 Å². The number of hydrogen-bond donors (Lipinski definition) is 2. The summed E-state index contributed by atoms with van der Waals surface area (Å²) >= 11 is 0. The monoisotopic (exact) mass is 527 g/mol. The molecule has 200 valence electrons. The summed E-state index contributed by atoms with van der Waals surface area (Å²) in [7, 11) is 2.82. The average molecular weight is 528 g/mol. The lowest BCUT2D eigenvalue weighted by Gasteiger charge is -2.16.